The van der Waals surface area contributed by atoms with Crippen LogP contribution in [0.4, 0.5) is 0 Å². The Labute approximate surface area is 109 Å². The lowest BCUT2D eigenvalue weighted by Crippen LogP contribution is -2.21. The number of carboxylic acid groups (broad SMARTS) is 1. The summed E-state index contributed by atoms with van der Waals surface area (Å²) in [6, 6.07) is 1.24. The lowest BCUT2D eigenvalue weighted by atomic mass is 9.97. The molecule has 0 heterocycles. The van der Waals surface area contributed by atoms with Crippen LogP contribution in [-0.2, 0) is 4.79 Å². The second-order valence-electron chi connectivity index (χ2n) is 3.49. The minimum atomic E-state index is -1.18. The Hall–Kier alpha value is -1.66. The van der Waals surface area contributed by atoms with E-state index in [0.29, 0.717) is 0 Å². The van der Waals surface area contributed by atoms with E-state index in [0.717, 1.165) is 0 Å². The largest absolute Gasteiger partial charge is 0.507 e. The lowest BCUT2D eigenvalue weighted by Gasteiger charge is -2.18. The fourth-order valence-corrected chi connectivity index (χ4v) is 2.02. The molecule has 4 N–H and O–H groups in total. The number of halogens is 1. The van der Waals surface area contributed by atoms with Gasteiger partial charge in [-0.05, 0) is 0 Å². The van der Waals surface area contributed by atoms with Crippen LogP contribution in [-0.4, -0.2) is 36.9 Å². The first kappa shape index (κ1) is 14.4. The van der Waals surface area contributed by atoms with E-state index in [9.17, 15) is 9.90 Å². The summed E-state index contributed by atoms with van der Waals surface area (Å²) in [5.74, 6) is -2.22. The van der Waals surface area contributed by atoms with E-state index in [1.165, 1.54) is 20.3 Å². The van der Waals surface area contributed by atoms with Crippen molar-refractivity contribution in [3.05, 3.63) is 16.7 Å². The smallest absolute Gasteiger partial charge is 0.312 e. The number of carboxylic acids is 1. The predicted octanol–water partition coefficient (Wildman–Crippen LogP) is 1.19. The summed E-state index contributed by atoms with van der Waals surface area (Å²) in [6.45, 7) is -0.196. The third kappa shape index (κ3) is 2.44. The molecule has 0 radical (unpaired) electrons. The highest BCUT2D eigenvalue weighted by molar-refractivity contribution is 6.33. The van der Waals surface area contributed by atoms with Gasteiger partial charge < -0.3 is 25.4 Å². The van der Waals surface area contributed by atoms with Gasteiger partial charge in [-0.25, -0.2) is 0 Å². The van der Waals surface area contributed by atoms with Crippen molar-refractivity contribution in [1.29, 1.82) is 0 Å². The number of hydrogen-bond acceptors (Lipinski definition) is 5. The minimum Gasteiger partial charge on any atom is -0.507 e. The number of ether oxygens (including phenoxy) is 2. The molecule has 1 unspecified atom stereocenters. The first-order valence-electron chi connectivity index (χ1n) is 5.04. The Morgan fingerprint density at radius 1 is 1.50 bits per heavy atom. The highest BCUT2D eigenvalue weighted by atomic mass is 35.5. The van der Waals surface area contributed by atoms with E-state index in [2.05, 4.69) is 0 Å². The van der Waals surface area contributed by atoms with Crippen molar-refractivity contribution in [3.8, 4) is 17.2 Å². The number of methoxy groups -OCH3 is 2. The van der Waals surface area contributed by atoms with E-state index >= 15 is 0 Å². The molecule has 0 saturated heterocycles. The molecule has 0 amide bonds. The molecule has 0 spiro atoms. The van der Waals surface area contributed by atoms with Crippen molar-refractivity contribution >= 4 is 17.6 Å². The summed E-state index contributed by atoms with van der Waals surface area (Å²) < 4.78 is 10.0. The van der Waals surface area contributed by atoms with E-state index in [-0.39, 0.29) is 34.4 Å². The fourth-order valence-electron chi connectivity index (χ4n) is 1.63. The van der Waals surface area contributed by atoms with Crippen molar-refractivity contribution in [2.24, 2.45) is 5.73 Å². The van der Waals surface area contributed by atoms with Gasteiger partial charge in [0.25, 0.3) is 0 Å². The molecule has 1 aromatic rings. The molecule has 0 aliphatic heterocycles. The van der Waals surface area contributed by atoms with Gasteiger partial charge in [-0.3, -0.25) is 4.79 Å². The normalized spacial score (nSPS) is 12.0. The molecule has 6 nitrogen and oxygen atoms in total. The van der Waals surface area contributed by atoms with Crippen molar-refractivity contribution in [2.75, 3.05) is 20.8 Å². The zero-order chi connectivity index (χ0) is 13.9. The number of benzene rings is 1. The topological polar surface area (TPSA) is 102 Å². The Morgan fingerprint density at radius 3 is 2.50 bits per heavy atom. The Kier molecular flexibility index (Phi) is 4.63. The zero-order valence-corrected chi connectivity index (χ0v) is 10.7. The van der Waals surface area contributed by atoms with Gasteiger partial charge in [-0.15, -0.1) is 0 Å². The molecule has 1 atom stereocenters. The molecule has 100 valence electrons. The van der Waals surface area contributed by atoms with Gasteiger partial charge in [0.05, 0.1) is 25.2 Å². The Balaban J connectivity index is 3.49. The number of carbonyl (C=O) groups is 1. The Bertz CT molecular complexity index is 463. The summed E-state index contributed by atoms with van der Waals surface area (Å²) in [5, 5.41) is 18.9. The second kappa shape index (κ2) is 5.79. The highest BCUT2D eigenvalue weighted by Crippen LogP contribution is 2.45. The Morgan fingerprint density at radius 2 is 2.11 bits per heavy atom. The molecule has 0 aliphatic carbocycles. The summed E-state index contributed by atoms with van der Waals surface area (Å²) in [7, 11) is 2.74. The standard InChI is InChI=1S/C11H14ClNO5/c1-17-7-3-6(14)8(5(4-13)11(15)16)9(12)10(7)18-2/h3,5,14H,4,13H2,1-2H3,(H,15,16). The molecular formula is C11H14ClNO5. The SMILES string of the molecule is COc1cc(O)c(C(CN)C(=O)O)c(Cl)c1OC. The van der Waals surface area contributed by atoms with Gasteiger partial charge in [0.15, 0.2) is 11.5 Å². The molecule has 0 bridgehead atoms. The van der Waals surface area contributed by atoms with Gasteiger partial charge in [-0.2, -0.15) is 0 Å². The van der Waals surface area contributed by atoms with E-state index in [4.69, 9.17) is 31.9 Å². The average molecular weight is 276 g/mol. The van der Waals surface area contributed by atoms with Gasteiger partial charge in [-0.1, -0.05) is 11.6 Å². The summed E-state index contributed by atoms with van der Waals surface area (Å²) in [4.78, 5) is 11.1. The van der Waals surface area contributed by atoms with Crippen molar-refractivity contribution in [2.45, 2.75) is 5.92 Å². The van der Waals surface area contributed by atoms with Crippen LogP contribution in [0.1, 0.15) is 11.5 Å². The summed E-state index contributed by atoms with van der Waals surface area (Å²) in [5.41, 5.74) is 5.40. The van der Waals surface area contributed by atoms with Crippen LogP contribution in [0, 0.1) is 0 Å². The monoisotopic (exact) mass is 275 g/mol. The predicted molar refractivity (Wildman–Crippen MR) is 65.7 cm³/mol. The molecular weight excluding hydrogens is 262 g/mol. The van der Waals surface area contributed by atoms with Crippen molar-refractivity contribution in [3.63, 3.8) is 0 Å². The minimum absolute atomic E-state index is 0.0179. The number of aliphatic carboxylic acids is 1. The molecule has 0 aliphatic rings. The molecule has 1 rings (SSSR count). The molecule has 0 saturated carbocycles. The average Bonchev–Trinajstić information content (AvgIpc) is 2.33. The quantitative estimate of drug-likeness (QED) is 0.746. The number of hydrogen-bond donors (Lipinski definition) is 3. The van der Waals surface area contributed by atoms with Crippen molar-refractivity contribution < 1.29 is 24.5 Å². The number of aromatic hydroxyl groups is 1. The van der Waals surface area contributed by atoms with Gasteiger partial charge >= 0.3 is 5.97 Å². The number of phenols is 1. The first-order valence-corrected chi connectivity index (χ1v) is 5.41. The van der Waals surface area contributed by atoms with Crippen LogP contribution in [0.25, 0.3) is 0 Å². The van der Waals surface area contributed by atoms with Crippen LogP contribution in [0.5, 0.6) is 17.2 Å². The lowest BCUT2D eigenvalue weighted by molar-refractivity contribution is -0.138. The third-order valence-corrected chi connectivity index (χ3v) is 2.88. The van der Waals surface area contributed by atoms with E-state index in [1.54, 1.807) is 0 Å². The second-order valence-corrected chi connectivity index (χ2v) is 3.86. The molecule has 0 fully saturated rings. The van der Waals surface area contributed by atoms with Crippen LogP contribution < -0.4 is 15.2 Å². The molecule has 7 heteroatoms. The summed E-state index contributed by atoms with van der Waals surface area (Å²) >= 11 is 6.03. The maximum Gasteiger partial charge on any atom is 0.312 e. The van der Waals surface area contributed by atoms with Crippen LogP contribution in [0.15, 0.2) is 6.07 Å². The maximum atomic E-state index is 11.1. The van der Waals surface area contributed by atoms with Gasteiger partial charge in [0.2, 0.25) is 0 Å². The van der Waals surface area contributed by atoms with Gasteiger partial charge in [0, 0.05) is 18.2 Å². The van der Waals surface area contributed by atoms with Gasteiger partial charge in [0.1, 0.15) is 5.75 Å². The van der Waals surface area contributed by atoms with Crippen LogP contribution in [0.2, 0.25) is 5.02 Å². The fraction of sp³-hybridized carbons (Fsp3) is 0.364. The van der Waals surface area contributed by atoms with E-state index < -0.39 is 11.9 Å². The number of nitrogens with two attached hydrogens (primary N) is 1. The maximum absolute atomic E-state index is 11.1. The number of rotatable bonds is 5. The first-order chi connectivity index (χ1) is 8.47. The van der Waals surface area contributed by atoms with Crippen LogP contribution in [0.3, 0.4) is 0 Å². The van der Waals surface area contributed by atoms with Crippen LogP contribution >= 0.6 is 11.6 Å². The molecule has 1 aromatic carbocycles. The molecule has 18 heavy (non-hydrogen) atoms. The number of phenolic OH excluding ortho intramolecular Hbond substituents is 1. The zero-order valence-electron chi connectivity index (χ0n) is 9.94. The van der Waals surface area contributed by atoms with Crippen molar-refractivity contribution in [1.82, 2.24) is 0 Å². The third-order valence-electron chi connectivity index (χ3n) is 2.51. The highest BCUT2D eigenvalue weighted by Gasteiger charge is 2.28. The van der Waals surface area contributed by atoms with E-state index in [1.807, 2.05) is 0 Å². The summed E-state index contributed by atoms with van der Waals surface area (Å²) in [6.07, 6.45) is 0. The molecule has 0 aromatic heterocycles.